The Hall–Kier alpha value is -1.13. The number of hydrogen-bond acceptors (Lipinski definition) is 4. The highest BCUT2D eigenvalue weighted by Gasteiger charge is 2.29. The number of aromatic nitrogens is 1. The molecule has 2 aromatic rings. The molecular formula is C15H21N3S. The van der Waals surface area contributed by atoms with Crippen molar-refractivity contribution in [2.75, 3.05) is 12.3 Å². The zero-order valence-electron chi connectivity index (χ0n) is 11.6. The molecule has 0 aliphatic heterocycles. The van der Waals surface area contributed by atoms with Gasteiger partial charge >= 0.3 is 0 Å². The molecule has 1 saturated carbocycles. The number of thiazole rings is 1. The molecule has 1 aromatic carbocycles. The molecule has 0 unspecified atom stereocenters. The van der Waals surface area contributed by atoms with Crippen LogP contribution in [0.2, 0.25) is 0 Å². The summed E-state index contributed by atoms with van der Waals surface area (Å²) in [5, 5.41) is 0.661. The Morgan fingerprint density at radius 2 is 2.21 bits per heavy atom. The van der Waals surface area contributed by atoms with Gasteiger partial charge in [-0.25, -0.2) is 4.98 Å². The minimum Gasteiger partial charge on any atom is -0.375 e. The van der Waals surface area contributed by atoms with Crippen LogP contribution in [0.4, 0.5) is 5.13 Å². The van der Waals surface area contributed by atoms with Gasteiger partial charge in [0, 0.05) is 19.1 Å². The van der Waals surface area contributed by atoms with Gasteiger partial charge in [0.2, 0.25) is 0 Å². The van der Waals surface area contributed by atoms with Crippen molar-refractivity contribution in [1.29, 1.82) is 0 Å². The van der Waals surface area contributed by atoms with Crippen LogP contribution in [0.3, 0.4) is 0 Å². The van der Waals surface area contributed by atoms with Crippen LogP contribution < -0.4 is 5.73 Å². The van der Waals surface area contributed by atoms with Crippen LogP contribution in [0.1, 0.15) is 32.3 Å². The molecule has 3 nitrogen and oxygen atoms in total. The highest BCUT2D eigenvalue weighted by atomic mass is 32.1. The normalized spacial score (nSPS) is 15.8. The van der Waals surface area contributed by atoms with E-state index in [4.69, 9.17) is 5.73 Å². The summed E-state index contributed by atoms with van der Waals surface area (Å²) in [5.74, 6) is 0.725. The molecule has 0 radical (unpaired) electrons. The Labute approximate surface area is 118 Å². The third-order valence-corrected chi connectivity index (χ3v) is 4.37. The van der Waals surface area contributed by atoms with Crippen molar-refractivity contribution in [2.45, 2.75) is 39.3 Å². The third-order valence-electron chi connectivity index (χ3n) is 3.52. The van der Waals surface area contributed by atoms with Crippen molar-refractivity contribution < 1.29 is 0 Å². The first-order chi connectivity index (χ1) is 9.11. The average molecular weight is 275 g/mol. The van der Waals surface area contributed by atoms with Crippen LogP contribution in [-0.2, 0) is 6.54 Å². The topological polar surface area (TPSA) is 42.2 Å². The lowest BCUT2D eigenvalue weighted by Gasteiger charge is -2.24. The van der Waals surface area contributed by atoms with E-state index < -0.39 is 0 Å². The van der Waals surface area contributed by atoms with Crippen molar-refractivity contribution in [1.82, 2.24) is 9.88 Å². The number of fused-ring (bicyclic) bond motifs is 1. The maximum absolute atomic E-state index is 5.76. The van der Waals surface area contributed by atoms with E-state index >= 15 is 0 Å². The summed E-state index contributed by atoms with van der Waals surface area (Å²) in [6.07, 6.45) is 2.73. The van der Waals surface area contributed by atoms with Gasteiger partial charge in [-0.3, -0.25) is 4.90 Å². The molecule has 0 bridgehead atoms. The fourth-order valence-electron chi connectivity index (χ4n) is 2.57. The molecular weight excluding hydrogens is 254 g/mol. The van der Waals surface area contributed by atoms with Gasteiger partial charge in [0.15, 0.2) is 5.13 Å². The molecule has 1 aromatic heterocycles. The Bertz CT molecular complexity index is 572. The Balaban J connectivity index is 1.78. The molecule has 3 rings (SSSR count). The van der Waals surface area contributed by atoms with Crippen LogP contribution >= 0.6 is 11.3 Å². The highest BCUT2D eigenvalue weighted by molar-refractivity contribution is 7.22. The van der Waals surface area contributed by atoms with E-state index in [-0.39, 0.29) is 0 Å². The van der Waals surface area contributed by atoms with Crippen LogP contribution in [-0.4, -0.2) is 22.5 Å². The maximum atomic E-state index is 5.76. The van der Waals surface area contributed by atoms with Crippen molar-refractivity contribution in [2.24, 2.45) is 5.92 Å². The first-order valence-electron chi connectivity index (χ1n) is 7.01. The molecule has 4 heteroatoms. The van der Waals surface area contributed by atoms with Gasteiger partial charge in [-0.1, -0.05) is 31.3 Å². The summed E-state index contributed by atoms with van der Waals surface area (Å²) in [6.45, 7) is 6.83. The van der Waals surface area contributed by atoms with Gasteiger partial charge in [-0.05, 0) is 36.5 Å². The molecule has 0 spiro atoms. The predicted octanol–water partition coefficient (Wildman–Crippen LogP) is 3.50. The molecule has 1 aliphatic rings. The smallest absolute Gasteiger partial charge is 0.181 e. The molecule has 1 heterocycles. The maximum Gasteiger partial charge on any atom is 0.181 e. The first kappa shape index (κ1) is 12.9. The highest BCUT2D eigenvalue weighted by Crippen LogP contribution is 2.30. The van der Waals surface area contributed by atoms with Crippen molar-refractivity contribution in [3.8, 4) is 0 Å². The van der Waals surface area contributed by atoms with Gasteiger partial charge in [-0.15, -0.1) is 0 Å². The second-order valence-corrected chi connectivity index (χ2v) is 6.97. The third kappa shape index (κ3) is 3.07. The summed E-state index contributed by atoms with van der Waals surface area (Å²) < 4.78 is 1.20. The molecule has 1 aliphatic carbocycles. The summed E-state index contributed by atoms with van der Waals surface area (Å²) >= 11 is 1.58. The lowest BCUT2D eigenvalue weighted by Crippen LogP contribution is -2.29. The van der Waals surface area contributed by atoms with E-state index in [1.807, 2.05) is 0 Å². The van der Waals surface area contributed by atoms with Gasteiger partial charge in [0.1, 0.15) is 0 Å². The van der Waals surface area contributed by atoms with E-state index in [0.29, 0.717) is 5.13 Å². The fraction of sp³-hybridized carbons (Fsp3) is 0.533. The molecule has 2 N–H and O–H groups in total. The Kier molecular flexibility index (Phi) is 3.46. The van der Waals surface area contributed by atoms with Gasteiger partial charge in [0.05, 0.1) is 10.2 Å². The Morgan fingerprint density at radius 3 is 2.89 bits per heavy atom. The Morgan fingerprint density at radius 1 is 1.42 bits per heavy atom. The van der Waals surface area contributed by atoms with Crippen LogP contribution in [0.5, 0.6) is 0 Å². The van der Waals surface area contributed by atoms with Crippen molar-refractivity contribution >= 4 is 26.7 Å². The number of nitrogens with two attached hydrogens (primary N) is 1. The average Bonchev–Trinajstić information content (AvgIpc) is 3.10. The van der Waals surface area contributed by atoms with Crippen LogP contribution in [0.25, 0.3) is 10.2 Å². The number of nitrogens with zero attached hydrogens (tertiary/aromatic N) is 2. The largest absolute Gasteiger partial charge is 0.375 e. The molecule has 1 fully saturated rings. The van der Waals surface area contributed by atoms with E-state index in [9.17, 15) is 0 Å². The van der Waals surface area contributed by atoms with E-state index in [1.165, 1.54) is 29.6 Å². The zero-order chi connectivity index (χ0) is 13.4. The monoisotopic (exact) mass is 275 g/mol. The predicted molar refractivity (Wildman–Crippen MR) is 82.3 cm³/mol. The molecule has 102 valence electrons. The van der Waals surface area contributed by atoms with Crippen molar-refractivity contribution in [3.63, 3.8) is 0 Å². The molecule has 19 heavy (non-hydrogen) atoms. The second kappa shape index (κ2) is 5.10. The molecule has 0 saturated heterocycles. The van der Waals surface area contributed by atoms with E-state index in [0.717, 1.165) is 24.0 Å². The standard InChI is InChI=1S/C15H21N3S/c1-10(2)8-18(12-4-5-12)9-11-3-6-13-14(7-11)19-15(16)17-13/h3,6-7,10,12H,4-5,8-9H2,1-2H3,(H2,16,17). The summed E-state index contributed by atoms with van der Waals surface area (Å²) in [5.41, 5.74) is 8.16. The van der Waals surface area contributed by atoms with Crippen LogP contribution in [0, 0.1) is 5.92 Å². The minimum absolute atomic E-state index is 0.661. The number of nitrogen functional groups attached to an aromatic ring is 1. The lowest BCUT2D eigenvalue weighted by molar-refractivity contribution is 0.226. The first-order valence-corrected chi connectivity index (χ1v) is 7.82. The molecule has 0 atom stereocenters. The SMILES string of the molecule is CC(C)CN(Cc1ccc2nc(N)sc2c1)C1CC1. The number of hydrogen-bond donors (Lipinski definition) is 1. The number of rotatable bonds is 5. The summed E-state index contributed by atoms with van der Waals surface area (Å²) in [6, 6.07) is 7.35. The zero-order valence-corrected chi connectivity index (χ0v) is 12.4. The molecule has 0 amide bonds. The van der Waals surface area contributed by atoms with E-state index in [1.54, 1.807) is 11.3 Å². The minimum atomic E-state index is 0.661. The van der Waals surface area contributed by atoms with Gasteiger partial charge in [0.25, 0.3) is 0 Å². The van der Waals surface area contributed by atoms with Gasteiger partial charge < -0.3 is 5.73 Å². The second-order valence-electron chi connectivity index (χ2n) is 5.91. The van der Waals surface area contributed by atoms with Gasteiger partial charge in [-0.2, -0.15) is 0 Å². The van der Waals surface area contributed by atoms with E-state index in [2.05, 4.69) is 41.9 Å². The quantitative estimate of drug-likeness (QED) is 0.908. The number of anilines is 1. The fourth-order valence-corrected chi connectivity index (χ4v) is 3.37. The summed E-state index contributed by atoms with van der Waals surface area (Å²) in [7, 11) is 0. The van der Waals surface area contributed by atoms with Crippen molar-refractivity contribution in [3.05, 3.63) is 23.8 Å². The summed E-state index contributed by atoms with van der Waals surface area (Å²) in [4.78, 5) is 6.93. The lowest BCUT2D eigenvalue weighted by atomic mass is 10.1. The van der Waals surface area contributed by atoms with Crippen LogP contribution in [0.15, 0.2) is 18.2 Å². The number of benzene rings is 1.